The zero-order chi connectivity index (χ0) is 18.3. The summed E-state index contributed by atoms with van der Waals surface area (Å²) in [5.74, 6) is 1.24. The van der Waals surface area contributed by atoms with E-state index < -0.39 is 0 Å². The number of para-hydroxylation sites is 1. The van der Waals surface area contributed by atoms with Gasteiger partial charge < -0.3 is 4.90 Å². The number of hydrogen-bond acceptors (Lipinski definition) is 3. The molecule has 0 saturated carbocycles. The van der Waals surface area contributed by atoms with Crippen molar-refractivity contribution in [1.29, 1.82) is 0 Å². The molecule has 1 amide bonds. The number of carbonyl (C=O) groups is 1. The van der Waals surface area contributed by atoms with Crippen molar-refractivity contribution in [2.24, 2.45) is 11.8 Å². The minimum absolute atomic E-state index is 0.136. The van der Waals surface area contributed by atoms with Crippen molar-refractivity contribution in [2.75, 3.05) is 13.1 Å². The summed E-state index contributed by atoms with van der Waals surface area (Å²) in [6.45, 7) is 8.25. The van der Waals surface area contributed by atoms with E-state index in [9.17, 15) is 4.79 Å². The molecule has 0 N–H and O–H groups in total. The van der Waals surface area contributed by atoms with Crippen LogP contribution in [-0.2, 0) is 0 Å². The van der Waals surface area contributed by atoms with Crippen LogP contribution in [0.1, 0.15) is 35.5 Å². The summed E-state index contributed by atoms with van der Waals surface area (Å²) in [6, 6.07) is 14.2. The molecule has 1 saturated heterocycles. The minimum Gasteiger partial charge on any atom is -0.338 e. The van der Waals surface area contributed by atoms with Gasteiger partial charge in [0.25, 0.3) is 5.91 Å². The Balaban J connectivity index is 1.81. The van der Waals surface area contributed by atoms with Gasteiger partial charge in [-0.1, -0.05) is 32.0 Å². The maximum atomic E-state index is 13.4. The number of nitrogens with zero attached hydrogens (tertiary/aromatic N) is 2. The van der Waals surface area contributed by atoms with Crippen molar-refractivity contribution in [2.45, 2.75) is 27.2 Å². The molecule has 1 aromatic carbocycles. The fourth-order valence-corrected chi connectivity index (χ4v) is 4.88. The van der Waals surface area contributed by atoms with Gasteiger partial charge in [-0.25, -0.2) is 4.98 Å². The highest BCUT2D eigenvalue weighted by Gasteiger charge is 2.27. The van der Waals surface area contributed by atoms with Gasteiger partial charge in [-0.15, -0.1) is 11.3 Å². The van der Waals surface area contributed by atoms with E-state index in [0.29, 0.717) is 11.8 Å². The zero-order valence-electron chi connectivity index (χ0n) is 15.5. The van der Waals surface area contributed by atoms with Crippen molar-refractivity contribution in [3.63, 3.8) is 0 Å². The number of carbonyl (C=O) groups excluding carboxylic acids is 1. The van der Waals surface area contributed by atoms with Crippen molar-refractivity contribution in [3.05, 3.63) is 52.9 Å². The molecule has 2 atom stereocenters. The van der Waals surface area contributed by atoms with Crippen LogP contribution in [-0.4, -0.2) is 28.9 Å². The maximum Gasteiger partial charge on any atom is 0.254 e. The van der Waals surface area contributed by atoms with E-state index in [1.165, 1.54) is 11.3 Å². The Bertz CT molecular complexity index is 952. The van der Waals surface area contributed by atoms with Crippen LogP contribution in [0.5, 0.6) is 0 Å². The predicted molar refractivity (Wildman–Crippen MR) is 109 cm³/mol. The second-order valence-corrected chi connectivity index (χ2v) is 8.93. The number of amides is 1. The van der Waals surface area contributed by atoms with Crippen molar-refractivity contribution < 1.29 is 4.79 Å². The number of aromatic nitrogens is 1. The van der Waals surface area contributed by atoms with Crippen LogP contribution in [0.15, 0.2) is 42.5 Å². The van der Waals surface area contributed by atoms with Gasteiger partial charge >= 0.3 is 0 Å². The Kier molecular flexibility index (Phi) is 4.53. The van der Waals surface area contributed by atoms with Crippen LogP contribution in [0.2, 0.25) is 0 Å². The lowest BCUT2D eigenvalue weighted by Gasteiger charge is -2.35. The number of rotatable bonds is 2. The Labute approximate surface area is 158 Å². The normalized spacial score (nSPS) is 20.5. The number of benzene rings is 1. The largest absolute Gasteiger partial charge is 0.338 e. The van der Waals surface area contributed by atoms with Crippen LogP contribution in [0.3, 0.4) is 0 Å². The van der Waals surface area contributed by atoms with Crippen LogP contribution in [0.4, 0.5) is 0 Å². The number of hydrogen-bond donors (Lipinski definition) is 0. The maximum absolute atomic E-state index is 13.4. The van der Waals surface area contributed by atoms with Gasteiger partial charge in [0, 0.05) is 23.4 Å². The molecule has 0 aliphatic carbocycles. The average molecular weight is 365 g/mol. The molecule has 3 nitrogen and oxygen atoms in total. The molecule has 4 rings (SSSR count). The highest BCUT2D eigenvalue weighted by molar-refractivity contribution is 7.15. The summed E-state index contributed by atoms with van der Waals surface area (Å²) >= 11 is 1.72. The third kappa shape index (κ3) is 3.26. The van der Waals surface area contributed by atoms with E-state index in [1.807, 2.05) is 35.2 Å². The Morgan fingerprint density at radius 2 is 1.85 bits per heavy atom. The molecular formula is C22H24N2OS. The first-order valence-corrected chi connectivity index (χ1v) is 10.1. The number of aryl methyl sites for hydroxylation is 1. The third-order valence-electron chi connectivity index (χ3n) is 5.10. The van der Waals surface area contributed by atoms with Gasteiger partial charge in [0.1, 0.15) is 0 Å². The van der Waals surface area contributed by atoms with Gasteiger partial charge in [-0.05, 0) is 49.4 Å². The summed E-state index contributed by atoms with van der Waals surface area (Å²) < 4.78 is 0. The SMILES string of the molecule is Cc1ccc(-c2cc(C(=O)N3CC(C)CC(C)C3)c3ccccc3n2)s1. The number of thiophene rings is 1. The number of piperidine rings is 1. The van der Waals surface area contributed by atoms with Crippen LogP contribution < -0.4 is 0 Å². The van der Waals surface area contributed by atoms with E-state index in [-0.39, 0.29) is 5.91 Å². The molecule has 1 fully saturated rings. The van der Waals surface area contributed by atoms with E-state index in [1.54, 1.807) is 11.3 Å². The van der Waals surface area contributed by atoms with Crippen molar-refractivity contribution >= 4 is 28.1 Å². The highest BCUT2D eigenvalue weighted by Crippen LogP contribution is 2.31. The molecule has 3 aromatic rings. The lowest BCUT2D eigenvalue weighted by atomic mass is 9.91. The quantitative estimate of drug-likeness (QED) is 0.611. The summed E-state index contributed by atoms with van der Waals surface area (Å²) in [6.07, 6.45) is 1.20. The summed E-state index contributed by atoms with van der Waals surface area (Å²) in [5, 5.41) is 0.945. The predicted octanol–water partition coefficient (Wildman–Crippen LogP) is 5.39. The van der Waals surface area contributed by atoms with Gasteiger partial charge in [0.2, 0.25) is 0 Å². The number of fused-ring (bicyclic) bond motifs is 1. The first-order valence-electron chi connectivity index (χ1n) is 9.27. The lowest BCUT2D eigenvalue weighted by Crippen LogP contribution is -2.42. The molecule has 1 aliphatic rings. The van der Waals surface area contributed by atoms with Crippen LogP contribution in [0.25, 0.3) is 21.5 Å². The summed E-state index contributed by atoms with van der Waals surface area (Å²) in [4.78, 5) is 22.6. The molecule has 134 valence electrons. The molecule has 0 radical (unpaired) electrons. The van der Waals surface area contributed by atoms with Gasteiger partial charge in [0.05, 0.1) is 21.7 Å². The second-order valence-electron chi connectivity index (χ2n) is 7.64. The molecular weight excluding hydrogens is 340 g/mol. The molecule has 1 aliphatic heterocycles. The molecule has 4 heteroatoms. The minimum atomic E-state index is 0.136. The Morgan fingerprint density at radius 1 is 1.12 bits per heavy atom. The van der Waals surface area contributed by atoms with E-state index in [2.05, 4.69) is 32.9 Å². The first-order chi connectivity index (χ1) is 12.5. The van der Waals surface area contributed by atoms with Crippen LogP contribution >= 0.6 is 11.3 Å². The van der Waals surface area contributed by atoms with Gasteiger partial charge in [0.15, 0.2) is 0 Å². The molecule has 0 spiro atoms. The second kappa shape index (κ2) is 6.84. The van der Waals surface area contributed by atoms with Crippen molar-refractivity contribution in [3.8, 4) is 10.6 Å². The monoisotopic (exact) mass is 364 g/mol. The van der Waals surface area contributed by atoms with Crippen LogP contribution in [0, 0.1) is 18.8 Å². The van der Waals surface area contributed by atoms with Gasteiger partial charge in [-0.3, -0.25) is 4.79 Å². The molecule has 2 unspecified atom stereocenters. The Morgan fingerprint density at radius 3 is 2.54 bits per heavy atom. The third-order valence-corrected chi connectivity index (χ3v) is 6.12. The average Bonchev–Trinajstić information content (AvgIpc) is 3.06. The van der Waals surface area contributed by atoms with E-state index in [4.69, 9.17) is 4.98 Å². The fourth-order valence-electron chi connectivity index (χ4n) is 4.05. The van der Waals surface area contributed by atoms with E-state index >= 15 is 0 Å². The standard InChI is InChI=1S/C22H24N2OS/c1-14-10-15(2)13-24(12-14)22(25)18-11-20(21-9-8-16(3)26-21)23-19-7-5-4-6-17(18)19/h4-9,11,14-15H,10,12-13H2,1-3H3. The molecule has 0 bridgehead atoms. The molecule has 26 heavy (non-hydrogen) atoms. The van der Waals surface area contributed by atoms with E-state index in [0.717, 1.165) is 40.1 Å². The zero-order valence-corrected chi connectivity index (χ0v) is 16.3. The highest BCUT2D eigenvalue weighted by atomic mass is 32.1. The lowest BCUT2D eigenvalue weighted by molar-refractivity contribution is 0.0625. The summed E-state index contributed by atoms with van der Waals surface area (Å²) in [5.41, 5.74) is 2.55. The molecule has 2 aromatic heterocycles. The van der Waals surface area contributed by atoms with Crippen molar-refractivity contribution in [1.82, 2.24) is 9.88 Å². The fraction of sp³-hybridized carbons (Fsp3) is 0.364. The Hall–Kier alpha value is -2.20. The number of pyridine rings is 1. The summed E-state index contributed by atoms with van der Waals surface area (Å²) in [7, 11) is 0. The smallest absolute Gasteiger partial charge is 0.254 e. The topological polar surface area (TPSA) is 33.2 Å². The van der Waals surface area contributed by atoms with Gasteiger partial charge in [-0.2, -0.15) is 0 Å². The molecule has 3 heterocycles. The first kappa shape index (κ1) is 17.2. The number of likely N-dealkylation sites (tertiary alicyclic amines) is 1.